The fourth-order valence-corrected chi connectivity index (χ4v) is 2.19. The average molecular weight is 250 g/mol. The summed E-state index contributed by atoms with van der Waals surface area (Å²) in [6.45, 7) is 4.65. The predicted octanol–water partition coefficient (Wildman–Crippen LogP) is 1.71. The molecular formula is C12H18N4O2. The van der Waals surface area contributed by atoms with Crippen molar-refractivity contribution in [3.8, 4) is 0 Å². The number of hydrogen-bond donors (Lipinski definition) is 2. The number of nitrogens with zero attached hydrogens (tertiary/aromatic N) is 2. The van der Waals surface area contributed by atoms with Gasteiger partial charge in [-0.2, -0.15) is 0 Å². The Morgan fingerprint density at radius 1 is 1.61 bits per heavy atom. The van der Waals surface area contributed by atoms with Crippen molar-refractivity contribution in [2.45, 2.75) is 19.8 Å². The lowest BCUT2D eigenvalue weighted by Crippen LogP contribution is -2.33. The molecule has 0 amide bonds. The molecule has 0 spiro atoms. The van der Waals surface area contributed by atoms with Crippen LogP contribution >= 0.6 is 0 Å². The van der Waals surface area contributed by atoms with Crippen molar-refractivity contribution in [1.82, 2.24) is 10.3 Å². The van der Waals surface area contributed by atoms with Crippen LogP contribution in [0.1, 0.15) is 18.5 Å². The molecule has 6 heteroatoms. The number of rotatable bonds is 4. The summed E-state index contributed by atoms with van der Waals surface area (Å²) < 4.78 is 0. The number of aromatic nitrogens is 1. The van der Waals surface area contributed by atoms with E-state index in [0.29, 0.717) is 17.4 Å². The highest BCUT2D eigenvalue weighted by Crippen LogP contribution is 2.18. The normalized spacial score (nSPS) is 19.5. The molecule has 0 radical (unpaired) electrons. The Morgan fingerprint density at radius 2 is 2.44 bits per heavy atom. The molecule has 1 unspecified atom stereocenters. The minimum absolute atomic E-state index is 0.0693. The molecule has 2 heterocycles. The Balaban J connectivity index is 1.93. The second-order valence-electron chi connectivity index (χ2n) is 4.65. The zero-order valence-electron chi connectivity index (χ0n) is 10.5. The standard InChI is InChI=1S/C12H18N4O2/c1-9-11(16(17)18)4-5-12(15-9)14-8-10-3-2-6-13-7-10/h4-5,10,13H,2-3,6-8H2,1H3,(H,14,15). The van der Waals surface area contributed by atoms with Crippen LogP contribution in [0, 0.1) is 23.0 Å². The van der Waals surface area contributed by atoms with Crippen LogP contribution in [-0.2, 0) is 0 Å². The van der Waals surface area contributed by atoms with Crippen LogP contribution in [0.25, 0.3) is 0 Å². The van der Waals surface area contributed by atoms with E-state index in [4.69, 9.17) is 0 Å². The summed E-state index contributed by atoms with van der Waals surface area (Å²) in [5, 5.41) is 17.3. The molecule has 2 rings (SSSR count). The van der Waals surface area contributed by atoms with Crippen LogP contribution in [0.5, 0.6) is 0 Å². The Kier molecular flexibility index (Phi) is 4.09. The maximum Gasteiger partial charge on any atom is 0.290 e. The van der Waals surface area contributed by atoms with Gasteiger partial charge in [0, 0.05) is 12.6 Å². The molecular weight excluding hydrogens is 232 g/mol. The highest BCUT2D eigenvalue weighted by Gasteiger charge is 2.14. The third-order valence-electron chi connectivity index (χ3n) is 3.23. The summed E-state index contributed by atoms with van der Waals surface area (Å²) in [7, 11) is 0. The third kappa shape index (κ3) is 3.16. The first-order chi connectivity index (χ1) is 8.66. The van der Waals surface area contributed by atoms with Crippen molar-refractivity contribution >= 4 is 11.5 Å². The van der Waals surface area contributed by atoms with Gasteiger partial charge in [0.1, 0.15) is 11.5 Å². The molecule has 6 nitrogen and oxygen atoms in total. The molecule has 0 aliphatic carbocycles. The van der Waals surface area contributed by atoms with Crippen LogP contribution in [0.2, 0.25) is 0 Å². The van der Waals surface area contributed by atoms with Gasteiger partial charge in [-0.05, 0) is 44.8 Å². The van der Waals surface area contributed by atoms with Gasteiger partial charge in [0.25, 0.3) is 5.69 Å². The highest BCUT2D eigenvalue weighted by molar-refractivity contribution is 5.44. The Hall–Kier alpha value is -1.69. The quantitative estimate of drug-likeness (QED) is 0.628. The van der Waals surface area contributed by atoms with Gasteiger partial charge >= 0.3 is 0 Å². The first-order valence-corrected chi connectivity index (χ1v) is 6.23. The molecule has 0 bridgehead atoms. The molecule has 1 saturated heterocycles. The number of nitro groups is 1. The average Bonchev–Trinajstić information content (AvgIpc) is 2.37. The number of aryl methyl sites for hydroxylation is 1. The maximum atomic E-state index is 10.7. The van der Waals surface area contributed by atoms with E-state index < -0.39 is 4.92 Å². The minimum Gasteiger partial charge on any atom is -0.370 e. The lowest BCUT2D eigenvalue weighted by Gasteiger charge is -2.23. The third-order valence-corrected chi connectivity index (χ3v) is 3.23. The van der Waals surface area contributed by atoms with Gasteiger partial charge in [-0.3, -0.25) is 10.1 Å². The van der Waals surface area contributed by atoms with Gasteiger partial charge in [-0.25, -0.2) is 4.98 Å². The summed E-state index contributed by atoms with van der Waals surface area (Å²) in [5.74, 6) is 1.32. The molecule has 2 N–H and O–H groups in total. The second-order valence-corrected chi connectivity index (χ2v) is 4.65. The molecule has 0 aromatic carbocycles. The fraction of sp³-hybridized carbons (Fsp3) is 0.583. The van der Waals surface area contributed by atoms with E-state index in [1.807, 2.05) is 0 Å². The van der Waals surface area contributed by atoms with Gasteiger partial charge in [0.2, 0.25) is 0 Å². The van der Waals surface area contributed by atoms with Crippen LogP contribution in [0.15, 0.2) is 12.1 Å². The van der Waals surface area contributed by atoms with Crippen LogP contribution in [0.4, 0.5) is 11.5 Å². The number of piperidine rings is 1. The Labute approximate surface area is 106 Å². The predicted molar refractivity (Wildman–Crippen MR) is 69.7 cm³/mol. The minimum atomic E-state index is -0.406. The molecule has 0 saturated carbocycles. The van der Waals surface area contributed by atoms with Crippen molar-refractivity contribution in [3.05, 3.63) is 27.9 Å². The van der Waals surface area contributed by atoms with Crippen molar-refractivity contribution in [1.29, 1.82) is 0 Å². The number of nitrogens with one attached hydrogen (secondary N) is 2. The highest BCUT2D eigenvalue weighted by atomic mass is 16.6. The van der Waals surface area contributed by atoms with E-state index in [2.05, 4.69) is 15.6 Å². The molecule has 18 heavy (non-hydrogen) atoms. The molecule has 1 aliphatic heterocycles. The van der Waals surface area contributed by atoms with Crippen LogP contribution < -0.4 is 10.6 Å². The van der Waals surface area contributed by atoms with Gasteiger partial charge in [0.05, 0.1) is 4.92 Å². The van der Waals surface area contributed by atoms with E-state index in [0.717, 1.165) is 19.6 Å². The van der Waals surface area contributed by atoms with Crippen molar-refractivity contribution in [2.24, 2.45) is 5.92 Å². The summed E-state index contributed by atoms with van der Waals surface area (Å²) in [4.78, 5) is 14.5. The first-order valence-electron chi connectivity index (χ1n) is 6.23. The van der Waals surface area contributed by atoms with E-state index in [1.54, 1.807) is 13.0 Å². The fourth-order valence-electron chi connectivity index (χ4n) is 2.19. The zero-order chi connectivity index (χ0) is 13.0. The number of hydrogen-bond acceptors (Lipinski definition) is 5. The molecule has 1 fully saturated rings. The van der Waals surface area contributed by atoms with Crippen molar-refractivity contribution in [3.63, 3.8) is 0 Å². The molecule has 1 aliphatic rings. The Morgan fingerprint density at radius 3 is 3.06 bits per heavy atom. The molecule has 1 aromatic rings. The lowest BCUT2D eigenvalue weighted by molar-refractivity contribution is -0.385. The number of anilines is 1. The maximum absolute atomic E-state index is 10.7. The van der Waals surface area contributed by atoms with Crippen molar-refractivity contribution in [2.75, 3.05) is 25.0 Å². The summed E-state index contributed by atoms with van der Waals surface area (Å²) in [5.41, 5.74) is 0.520. The van der Waals surface area contributed by atoms with Crippen LogP contribution in [0.3, 0.4) is 0 Å². The smallest absolute Gasteiger partial charge is 0.290 e. The van der Waals surface area contributed by atoms with E-state index >= 15 is 0 Å². The SMILES string of the molecule is Cc1nc(NCC2CCCNC2)ccc1[N+](=O)[O-]. The Bertz CT molecular complexity index is 430. The van der Waals surface area contributed by atoms with Crippen LogP contribution in [-0.4, -0.2) is 29.5 Å². The van der Waals surface area contributed by atoms with Gasteiger partial charge in [-0.15, -0.1) is 0 Å². The topological polar surface area (TPSA) is 80.1 Å². The summed E-state index contributed by atoms with van der Waals surface area (Å²) >= 11 is 0. The monoisotopic (exact) mass is 250 g/mol. The largest absolute Gasteiger partial charge is 0.370 e. The second kappa shape index (κ2) is 5.77. The van der Waals surface area contributed by atoms with Crippen molar-refractivity contribution < 1.29 is 4.92 Å². The molecule has 1 atom stereocenters. The molecule has 98 valence electrons. The van der Waals surface area contributed by atoms with Gasteiger partial charge < -0.3 is 10.6 Å². The lowest BCUT2D eigenvalue weighted by atomic mass is 10.00. The molecule has 1 aromatic heterocycles. The summed E-state index contributed by atoms with van der Waals surface area (Å²) in [6.07, 6.45) is 2.42. The van der Waals surface area contributed by atoms with E-state index in [1.165, 1.54) is 18.9 Å². The first kappa shape index (κ1) is 12.8. The van der Waals surface area contributed by atoms with Gasteiger partial charge in [-0.1, -0.05) is 0 Å². The number of pyridine rings is 1. The van der Waals surface area contributed by atoms with E-state index in [-0.39, 0.29) is 5.69 Å². The van der Waals surface area contributed by atoms with E-state index in [9.17, 15) is 10.1 Å². The summed E-state index contributed by atoms with van der Waals surface area (Å²) in [6, 6.07) is 3.17. The zero-order valence-corrected chi connectivity index (χ0v) is 10.5. The van der Waals surface area contributed by atoms with Gasteiger partial charge in [0.15, 0.2) is 0 Å².